The number of rotatable bonds is 5. The van der Waals surface area contributed by atoms with Gasteiger partial charge in [-0.15, -0.1) is 0 Å². The van der Waals surface area contributed by atoms with Crippen molar-refractivity contribution >= 4 is 16.6 Å². The molecule has 0 amide bonds. The van der Waals surface area contributed by atoms with Gasteiger partial charge in [-0.3, -0.25) is 24.3 Å². The van der Waals surface area contributed by atoms with Crippen molar-refractivity contribution in [3.05, 3.63) is 42.6 Å². The number of hydrogen-bond donors (Lipinski definition) is 0. The fourth-order valence-corrected chi connectivity index (χ4v) is 3.16. The van der Waals surface area contributed by atoms with Gasteiger partial charge in [0.05, 0.1) is 38.1 Å². The molecule has 7 heteroatoms. The summed E-state index contributed by atoms with van der Waals surface area (Å²) in [5.41, 5.74) is 2.62. The molecule has 1 saturated heterocycles. The molecule has 1 fully saturated rings. The van der Waals surface area contributed by atoms with Crippen LogP contribution in [0.4, 0.5) is 0 Å². The van der Waals surface area contributed by atoms with E-state index in [1.54, 1.807) is 17.1 Å². The molecule has 0 N–H and O–H groups in total. The van der Waals surface area contributed by atoms with E-state index in [1.807, 2.05) is 31.6 Å². The Balaban J connectivity index is 1.51. The van der Waals surface area contributed by atoms with E-state index >= 15 is 0 Å². The second kappa shape index (κ2) is 7.31. The molecule has 3 aromatic heterocycles. The first-order valence-electron chi connectivity index (χ1n) is 8.73. The van der Waals surface area contributed by atoms with Gasteiger partial charge in [0.25, 0.3) is 0 Å². The fourth-order valence-electron chi connectivity index (χ4n) is 3.16. The molecule has 0 radical (unpaired) electrons. The number of morpholine rings is 1. The second-order valence-corrected chi connectivity index (χ2v) is 6.60. The number of aromatic nitrogens is 4. The summed E-state index contributed by atoms with van der Waals surface area (Å²) >= 11 is 0. The Morgan fingerprint density at radius 3 is 2.69 bits per heavy atom. The Kier molecular flexibility index (Phi) is 4.73. The van der Waals surface area contributed by atoms with Crippen molar-refractivity contribution < 1.29 is 9.53 Å². The maximum Gasteiger partial charge on any atom is 0.152 e. The number of aryl methyl sites for hydroxylation is 1. The predicted octanol–water partition coefficient (Wildman–Crippen LogP) is 1.47. The van der Waals surface area contributed by atoms with Gasteiger partial charge in [0, 0.05) is 55.4 Å². The minimum absolute atomic E-state index is 0.181. The van der Waals surface area contributed by atoms with Crippen molar-refractivity contribution in [3.8, 4) is 11.3 Å². The van der Waals surface area contributed by atoms with Crippen LogP contribution in [0, 0.1) is 0 Å². The van der Waals surface area contributed by atoms with Gasteiger partial charge in [-0.05, 0) is 17.5 Å². The van der Waals surface area contributed by atoms with Crippen LogP contribution in [0.15, 0.2) is 36.9 Å². The van der Waals surface area contributed by atoms with Crippen LogP contribution in [0.25, 0.3) is 22.0 Å². The summed E-state index contributed by atoms with van der Waals surface area (Å²) in [5.74, 6) is 0.181. The van der Waals surface area contributed by atoms with Crippen LogP contribution in [-0.4, -0.2) is 63.3 Å². The zero-order valence-corrected chi connectivity index (χ0v) is 14.8. The summed E-state index contributed by atoms with van der Waals surface area (Å²) < 4.78 is 7.07. The fraction of sp³-hybridized carbons (Fsp3) is 0.368. The number of nitrogens with zero attached hydrogens (tertiary/aromatic N) is 5. The normalized spacial score (nSPS) is 15.4. The summed E-state index contributed by atoms with van der Waals surface area (Å²) in [6.45, 7) is 3.49. The number of carbonyl (C=O) groups is 1. The van der Waals surface area contributed by atoms with E-state index in [1.165, 1.54) is 0 Å². The van der Waals surface area contributed by atoms with Gasteiger partial charge in [-0.25, -0.2) is 0 Å². The molecule has 0 aliphatic carbocycles. The highest BCUT2D eigenvalue weighted by atomic mass is 16.5. The van der Waals surface area contributed by atoms with Gasteiger partial charge in [0.1, 0.15) is 0 Å². The van der Waals surface area contributed by atoms with Crippen molar-refractivity contribution in [2.75, 3.05) is 32.8 Å². The molecule has 4 rings (SSSR count). The summed E-state index contributed by atoms with van der Waals surface area (Å²) in [5, 5.41) is 6.18. The van der Waals surface area contributed by atoms with E-state index in [0.29, 0.717) is 26.2 Å². The average molecular weight is 351 g/mol. The molecule has 0 spiro atoms. The topological polar surface area (TPSA) is 73.1 Å². The monoisotopic (exact) mass is 351 g/mol. The van der Waals surface area contributed by atoms with Gasteiger partial charge < -0.3 is 4.74 Å². The van der Waals surface area contributed by atoms with Crippen LogP contribution in [0.1, 0.15) is 5.69 Å². The lowest BCUT2D eigenvalue weighted by Gasteiger charge is -2.25. The molecule has 1 aliphatic heterocycles. The first-order valence-corrected chi connectivity index (χ1v) is 8.73. The molecule has 0 bridgehead atoms. The summed E-state index contributed by atoms with van der Waals surface area (Å²) in [6, 6.07) is 4.00. The second-order valence-electron chi connectivity index (χ2n) is 6.60. The Labute approximate surface area is 151 Å². The van der Waals surface area contributed by atoms with Crippen LogP contribution in [0.3, 0.4) is 0 Å². The van der Waals surface area contributed by atoms with E-state index in [4.69, 9.17) is 4.74 Å². The Bertz CT molecular complexity index is 931. The van der Waals surface area contributed by atoms with Crippen LogP contribution >= 0.6 is 0 Å². The average Bonchev–Trinajstić information content (AvgIpc) is 3.08. The Hall–Kier alpha value is -2.64. The summed E-state index contributed by atoms with van der Waals surface area (Å²) in [6.07, 6.45) is 7.67. The highest BCUT2D eigenvalue weighted by molar-refractivity contribution is 5.87. The van der Waals surface area contributed by atoms with E-state index in [0.717, 1.165) is 40.8 Å². The maximum atomic E-state index is 12.4. The minimum atomic E-state index is 0.181. The van der Waals surface area contributed by atoms with Gasteiger partial charge in [0.2, 0.25) is 0 Å². The molecular weight excluding hydrogens is 330 g/mol. The van der Waals surface area contributed by atoms with Crippen molar-refractivity contribution in [2.45, 2.75) is 6.42 Å². The lowest BCUT2D eigenvalue weighted by Crippen LogP contribution is -2.39. The predicted molar refractivity (Wildman–Crippen MR) is 97.7 cm³/mol. The SMILES string of the molecule is Cn1cc(-c2cc3cc(CC(=O)CN4CCOCC4)ncc3cn2)cn1. The molecule has 1 aliphatic rings. The number of fused-ring (bicyclic) bond motifs is 1. The molecule has 134 valence electrons. The number of pyridine rings is 2. The number of hydrogen-bond acceptors (Lipinski definition) is 6. The van der Waals surface area contributed by atoms with Gasteiger partial charge in [-0.1, -0.05) is 0 Å². The molecule has 0 saturated carbocycles. The Morgan fingerprint density at radius 1 is 1.12 bits per heavy atom. The van der Waals surface area contributed by atoms with Crippen LogP contribution < -0.4 is 0 Å². The van der Waals surface area contributed by atoms with E-state index in [-0.39, 0.29) is 5.78 Å². The van der Waals surface area contributed by atoms with Gasteiger partial charge in [0.15, 0.2) is 5.78 Å². The Morgan fingerprint density at radius 2 is 1.92 bits per heavy atom. The number of carbonyl (C=O) groups excluding carboxylic acids is 1. The van der Waals surface area contributed by atoms with Gasteiger partial charge in [-0.2, -0.15) is 5.10 Å². The molecule has 4 heterocycles. The number of ether oxygens (including phenoxy) is 1. The molecule has 26 heavy (non-hydrogen) atoms. The zero-order chi connectivity index (χ0) is 17.9. The minimum Gasteiger partial charge on any atom is -0.379 e. The van der Waals surface area contributed by atoms with Crippen LogP contribution in [0.2, 0.25) is 0 Å². The largest absolute Gasteiger partial charge is 0.379 e. The molecule has 3 aromatic rings. The third kappa shape index (κ3) is 3.79. The molecule has 7 nitrogen and oxygen atoms in total. The van der Waals surface area contributed by atoms with Crippen LogP contribution in [-0.2, 0) is 23.0 Å². The number of Topliss-reactive ketones (excluding diaryl/α,β-unsaturated/α-hetero) is 1. The zero-order valence-electron chi connectivity index (χ0n) is 14.8. The van der Waals surface area contributed by atoms with Crippen molar-refractivity contribution in [3.63, 3.8) is 0 Å². The summed E-state index contributed by atoms with van der Waals surface area (Å²) in [7, 11) is 1.88. The lowest BCUT2D eigenvalue weighted by molar-refractivity contribution is -0.120. The number of ketones is 1. The van der Waals surface area contributed by atoms with Crippen molar-refractivity contribution in [1.29, 1.82) is 0 Å². The quantitative estimate of drug-likeness (QED) is 0.693. The highest BCUT2D eigenvalue weighted by Crippen LogP contribution is 2.21. The van der Waals surface area contributed by atoms with E-state index in [9.17, 15) is 4.79 Å². The van der Waals surface area contributed by atoms with Crippen molar-refractivity contribution in [2.24, 2.45) is 7.05 Å². The van der Waals surface area contributed by atoms with E-state index < -0.39 is 0 Å². The third-order valence-electron chi connectivity index (χ3n) is 4.54. The summed E-state index contributed by atoms with van der Waals surface area (Å²) in [4.78, 5) is 23.4. The van der Waals surface area contributed by atoms with Crippen LogP contribution in [0.5, 0.6) is 0 Å². The molecular formula is C19H21N5O2. The molecule has 0 aromatic carbocycles. The van der Waals surface area contributed by atoms with Crippen molar-refractivity contribution in [1.82, 2.24) is 24.6 Å². The molecule has 0 atom stereocenters. The van der Waals surface area contributed by atoms with E-state index in [2.05, 4.69) is 20.0 Å². The first-order chi connectivity index (χ1) is 12.7. The highest BCUT2D eigenvalue weighted by Gasteiger charge is 2.15. The maximum absolute atomic E-state index is 12.4. The first kappa shape index (κ1) is 16.8. The smallest absolute Gasteiger partial charge is 0.152 e. The van der Waals surface area contributed by atoms with Gasteiger partial charge >= 0.3 is 0 Å². The molecule has 0 unspecified atom stereocenters. The standard InChI is InChI=1S/C19H21N5O2/c1-23-12-16(11-22-23)19-7-14-6-17(20-9-15(14)10-21-19)8-18(25)13-24-2-4-26-5-3-24/h6-7,9-12H,2-5,8,13H2,1H3. The third-order valence-corrected chi connectivity index (χ3v) is 4.54. The lowest BCUT2D eigenvalue weighted by atomic mass is 10.1.